The highest BCUT2D eigenvalue weighted by atomic mass is 28.4. The minimum atomic E-state index is -2.09. The number of anilines is 1. The Morgan fingerprint density at radius 1 is 1.42 bits per heavy atom. The summed E-state index contributed by atoms with van der Waals surface area (Å²) < 4.78 is 18.1. The lowest BCUT2D eigenvalue weighted by Crippen LogP contribution is -2.27. The lowest BCUT2D eigenvalue weighted by Gasteiger charge is -2.27. The summed E-state index contributed by atoms with van der Waals surface area (Å²) >= 11 is 0. The maximum atomic E-state index is 13.4. The van der Waals surface area contributed by atoms with Gasteiger partial charge in [0, 0.05) is 6.54 Å². The molecule has 1 aromatic heterocycles. The van der Waals surface area contributed by atoms with Crippen molar-refractivity contribution in [3.05, 3.63) is 40.8 Å². The van der Waals surface area contributed by atoms with Crippen molar-refractivity contribution in [1.82, 2.24) is 15.8 Å². The average Bonchev–Trinajstić information content (AvgIpc) is 3.02. The van der Waals surface area contributed by atoms with Crippen LogP contribution in [0.5, 0.6) is 0 Å². The van der Waals surface area contributed by atoms with Crippen LogP contribution in [0.2, 0.25) is 19.1 Å². The monoisotopic (exact) mass is 379 g/mol. The summed E-state index contributed by atoms with van der Waals surface area (Å²) in [5.41, 5.74) is 4.10. The first-order valence-corrected chi connectivity index (χ1v) is 11.6. The second-order valence-corrected chi connectivity index (χ2v) is 11.1. The molecule has 0 unspecified atom stereocenters. The van der Waals surface area contributed by atoms with Gasteiger partial charge in [-0.3, -0.25) is 15.7 Å². The molecular formula is C16H22FN5O3Si. The molecule has 0 bridgehead atoms. The molecule has 2 aromatic rings. The Balaban J connectivity index is 1.69. The number of hydroxylamine groups is 1. The minimum absolute atomic E-state index is 0.102. The SMILES string of the molecule is C[Si](C)(O)CCCNc1nonc1C(=N[C@H]1Cc2ccc(F)cc21)NO. The molecule has 4 N–H and O–H groups in total. The highest BCUT2D eigenvalue weighted by Crippen LogP contribution is 2.36. The van der Waals surface area contributed by atoms with E-state index in [1.807, 2.05) is 18.6 Å². The topological polar surface area (TPSA) is 116 Å². The van der Waals surface area contributed by atoms with Crippen LogP contribution >= 0.6 is 0 Å². The number of fused-ring (bicyclic) bond motifs is 1. The van der Waals surface area contributed by atoms with Gasteiger partial charge in [0.1, 0.15) is 5.82 Å². The highest BCUT2D eigenvalue weighted by Gasteiger charge is 2.28. The molecule has 26 heavy (non-hydrogen) atoms. The second kappa shape index (κ2) is 7.52. The number of nitrogens with one attached hydrogen (secondary N) is 2. The molecule has 1 aliphatic carbocycles. The van der Waals surface area contributed by atoms with Crippen molar-refractivity contribution in [1.29, 1.82) is 0 Å². The van der Waals surface area contributed by atoms with Crippen LogP contribution in [0, 0.1) is 5.82 Å². The zero-order valence-electron chi connectivity index (χ0n) is 14.7. The molecule has 140 valence electrons. The number of rotatable bonds is 7. The van der Waals surface area contributed by atoms with Crippen molar-refractivity contribution in [2.24, 2.45) is 4.99 Å². The number of hydrogen-bond acceptors (Lipinski definition) is 7. The van der Waals surface area contributed by atoms with E-state index in [0.717, 1.165) is 23.6 Å². The zero-order chi connectivity index (χ0) is 18.7. The lowest BCUT2D eigenvalue weighted by molar-refractivity contribution is 0.232. The molecule has 3 rings (SSSR count). The van der Waals surface area contributed by atoms with E-state index in [9.17, 15) is 14.4 Å². The van der Waals surface area contributed by atoms with Crippen LogP contribution in [0.25, 0.3) is 0 Å². The summed E-state index contributed by atoms with van der Waals surface area (Å²) in [4.78, 5) is 14.3. The summed E-state index contributed by atoms with van der Waals surface area (Å²) in [6, 6.07) is 5.09. The van der Waals surface area contributed by atoms with Gasteiger partial charge in [0.05, 0.1) is 6.04 Å². The summed E-state index contributed by atoms with van der Waals surface area (Å²) in [5.74, 6) is 0.134. The number of hydrogen-bond donors (Lipinski definition) is 4. The average molecular weight is 379 g/mol. The molecule has 0 spiro atoms. The molecule has 0 amide bonds. The Bertz CT molecular complexity index is 805. The van der Waals surface area contributed by atoms with Crippen molar-refractivity contribution in [3.63, 3.8) is 0 Å². The van der Waals surface area contributed by atoms with E-state index in [4.69, 9.17) is 4.63 Å². The van der Waals surface area contributed by atoms with Crippen LogP contribution < -0.4 is 10.8 Å². The quantitative estimate of drug-likeness (QED) is 0.192. The first-order valence-electron chi connectivity index (χ1n) is 8.43. The summed E-state index contributed by atoms with van der Waals surface area (Å²) in [7, 11) is -2.09. The van der Waals surface area contributed by atoms with Gasteiger partial charge in [-0.2, -0.15) is 0 Å². The van der Waals surface area contributed by atoms with Gasteiger partial charge in [0.2, 0.25) is 5.82 Å². The Morgan fingerprint density at radius 3 is 2.96 bits per heavy atom. The van der Waals surface area contributed by atoms with Crippen molar-refractivity contribution < 1.29 is 19.0 Å². The van der Waals surface area contributed by atoms with E-state index < -0.39 is 8.32 Å². The van der Waals surface area contributed by atoms with Gasteiger partial charge in [-0.05, 0) is 65.6 Å². The Morgan fingerprint density at radius 2 is 2.23 bits per heavy atom. The molecule has 1 heterocycles. The normalized spacial score (nSPS) is 16.8. The Labute approximate surface area is 151 Å². The van der Waals surface area contributed by atoms with Crippen LogP contribution in [0.4, 0.5) is 10.2 Å². The van der Waals surface area contributed by atoms with Crippen LogP contribution in [0.3, 0.4) is 0 Å². The molecule has 1 aromatic carbocycles. The third kappa shape index (κ3) is 4.26. The van der Waals surface area contributed by atoms with Crippen LogP contribution in [-0.2, 0) is 6.42 Å². The third-order valence-electron chi connectivity index (χ3n) is 4.24. The minimum Gasteiger partial charge on any atom is -0.432 e. The fraction of sp³-hybridized carbons (Fsp3) is 0.438. The number of aliphatic imine (C=N–C) groups is 1. The van der Waals surface area contributed by atoms with Gasteiger partial charge in [-0.15, -0.1) is 0 Å². The van der Waals surface area contributed by atoms with E-state index in [2.05, 4.69) is 20.6 Å². The smallest absolute Gasteiger partial charge is 0.202 e. The van der Waals surface area contributed by atoms with Gasteiger partial charge in [-0.25, -0.2) is 9.02 Å². The summed E-state index contributed by atoms with van der Waals surface area (Å²) in [6.07, 6.45) is 1.43. The van der Waals surface area contributed by atoms with Crippen LogP contribution in [0.15, 0.2) is 27.8 Å². The second-order valence-electron chi connectivity index (χ2n) is 6.96. The molecule has 0 radical (unpaired) electrons. The van der Waals surface area contributed by atoms with E-state index >= 15 is 0 Å². The summed E-state index contributed by atoms with van der Waals surface area (Å²) in [6.45, 7) is 4.35. The van der Waals surface area contributed by atoms with Crippen molar-refractivity contribution in [3.8, 4) is 0 Å². The fourth-order valence-corrected chi connectivity index (χ4v) is 3.89. The highest BCUT2D eigenvalue weighted by molar-refractivity contribution is 6.69. The molecule has 0 saturated heterocycles. The first kappa shape index (κ1) is 18.5. The number of amidine groups is 1. The first-order chi connectivity index (χ1) is 12.4. The summed E-state index contributed by atoms with van der Waals surface area (Å²) in [5, 5.41) is 20.1. The number of benzene rings is 1. The lowest BCUT2D eigenvalue weighted by atomic mass is 9.83. The van der Waals surface area contributed by atoms with Gasteiger partial charge in [0.15, 0.2) is 19.8 Å². The van der Waals surface area contributed by atoms with Gasteiger partial charge in [0.25, 0.3) is 0 Å². The standard InChI is InChI=1S/C16H22FN5O3Si/c1-26(2,24)7-3-6-18-15-14(21-25-22-15)16(20-23)19-13-8-10-4-5-11(17)9-12(10)13/h4-5,9,13,23-24H,3,6-8H2,1-2H3,(H,18,22)(H,19,20)/t13-/m0/s1. The third-order valence-corrected chi connectivity index (χ3v) is 5.82. The van der Waals surface area contributed by atoms with E-state index in [-0.39, 0.29) is 23.4 Å². The molecule has 8 nitrogen and oxygen atoms in total. The molecule has 1 aliphatic rings. The number of nitrogens with zero attached hydrogens (tertiary/aromatic N) is 3. The number of aromatic nitrogens is 2. The number of halogens is 1. The van der Waals surface area contributed by atoms with Crippen LogP contribution in [0.1, 0.15) is 29.3 Å². The van der Waals surface area contributed by atoms with E-state index in [1.54, 1.807) is 6.07 Å². The van der Waals surface area contributed by atoms with Gasteiger partial charge >= 0.3 is 0 Å². The van der Waals surface area contributed by atoms with Crippen molar-refractivity contribution in [2.75, 3.05) is 11.9 Å². The molecule has 1 atom stereocenters. The largest absolute Gasteiger partial charge is 0.432 e. The van der Waals surface area contributed by atoms with Gasteiger partial charge in [-0.1, -0.05) is 6.07 Å². The zero-order valence-corrected chi connectivity index (χ0v) is 15.7. The molecule has 10 heteroatoms. The maximum Gasteiger partial charge on any atom is 0.202 e. The Kier molecular flexibility index (Phi) is 5.35. The predicted octanol–water partition coefficient (Wildman–Crippen LogP) is 2.23. The van der Waals surface area contributed by atoms with Crippen LogP contribution in [-0.4, -0.2) is 41.0 Å². The molecule has 0 fully saturated rings. The maximum absolute atomic E-state index is 13.4. The predicted molar refractivity (Wildman–Crippen MR) is 96.2 cm³/mol. The van der Waals surface area contributed by atoms with E-state index in [0.29, 0.717) is 18.8 Å². The molecule has 0 aliphatic heterocycles. The fourth-order valence-electron chi connectivity index (χ4n) is 2.85. The molecular weight excluding hydrogens is 357 g/mol. The Hall–Kier alpha value is -2.30. The van der Waals surface area contributed by atoms with Crippen molar-refractivity contribution in [2.45, 2.75) is 38.0 Å². The van der Waals surface area contributed by atoms with Gasteiger partial charge < -0.3 is 10.1 Å². The molecule has 0 saturated carbocycles. The van der Waals surface area contributed by atoms with Crippen molar-refractivity contribution >= 4 is 20.0 Å². The van der Waals surface area contributed by atoms with E-state index in [1.165, 1.54) is 12.1 Å².